The molecule has 0 atom stereocenters. The van der Waals surface area contributed by atoms with Gasteiger partial charge in [-0.25, -0.2) is 4.39 Å². The lowest BCUT2D eigenvalue weighted by Gasteiger charge is -2.63. The van der Waals surface area contributed by atoms with E-state index < -0.39 is 6.17 Å². The Kier molecular flexibility index (Phi) is 3.63. The zero-order chi connectivity index (χ0) is 13.5. The molecule has 3 heteroatoms. The lowest BCUT2D eigenvalue weighted by atomic mass is 9.43. The average molecular weight is 270 g/mol. The van der Waals surface area contributed by atoms with Gasteiger partial charge in [0.05, 0.1) is 12.2 Å². The first-order chi connectivity index (χ1) is 9.14. The third kappa shape index (κ3) is 2.13. The second kappa shape index (κ2) is 5.00. The van der Waals surface area contributed by atoms with Gasteiger partial charge in [0.15, 0.2) is 0 Å². The molecule has 0 N–H and O–H groups in total. The molecular formula is C16H27FO2. The Balaban J connectivity index is 1.59. The first kappa shape index (κ1) is 13.8. The Labute approximate surface area is 116 Å². The maximum absolute atomic E-state index is 15.0. The summed E-state index contributed by atoms with van der Waals surface area (Å²) in [5.41, 5.74) is 0.0177. The van der Waals surface area contributed by atoms with Gasteiger partial charge >= 0.3 is 0 Å². The highest BCUT2D eigenvalue weighted by Gasteiger charge is 2.64. The molecule has 0 unspecified atom stereocenters. The van der Waals surface area contributed by atoms with Gasteiger partial charge in [0.25, 0.3) is 0 Å². The van der Waals surface area contributed by atoms with Crippen LogP contribution in [0.1, 0.15) is 57.8 Å². The van der Waals surface area contributed by atoms with Crippen LogP contribution in [0.25, 0.3) is 0 Å². The van der Waals surface area contributed by atoms with E-state index in [1.165, 1.54) is 0 Å². The summed E-state index contributed by atoms with van der Waals surface area (Å²) in [4.78, 5) is 0. The summed E-state index contributed by atoms with van der Waals surface area (Å²) in [5, 5.41) is 0. The fourth-order valence-corrected chi connectivity index (χ4v) is 5.06. The number of hydrogen-bond acceptors (Lipinski definition) is 2. The molecule has 19 heavy (non-hydrogen) atoms. The molecule has 0 amide bonds. The van der Waals surface area contributed by atoms with Gasteiger partial charge in [0.1, 0.15) is 6.17 Å². The molecule has 3 saturated carbocycles. The quantitative estimate of drug-likeness (QED) is 0.758. The minimum absolute atomic E-state index is 0.00887. The third-order valence-electron chi connectivity index (χ3n) is 6.30. The van der Waals surface area contributed by atoms with E-state index in [0.29, 0.717) is 12.2 Å². The average Bonchev–Trinajstić information content (AvgIpc) is 2.48. The highest BCUT2D eigenvalue weighted by Crippen LogP contribution is 2.67. The van der Waals surface area contributed by atoms with Crippen molar-refractivity contribution in [3.8, 4) is 0 Å². The molecule has 3 aliphatic rings. The van der Waals surface area contributed by atoms with Gasteiger partial charge in [-0.05, 0) is 57.8 Å². The molecule has 0 aromatic heterocycles. The molecule has 0 bridgehead atoms. The first-order valence-electron chi connectivity index (χ1n) is 7.84. The fraction of sp³-hybridized carbons (Fsp3) is 1.00. The van der Waals surface area contributed by atoms with Gasteiger partial charge in [0.2, 0.25) is 0 Å². The normalized spacial score (nSPS) is 50.4. The van der Waals surface area contributed by atoms with Gasteiger partial charge in [0, 0.05) is 25.0 Å². The zero-order valence-corrected chi connectivity index (χ0v) is 12.3. The molecule has 0 saturated heterocycles. The van der Waals surface area contributed by atoms with Crippen LogP contribution in [0.5, 0.6) is 0 Å². The number of halogens is 1. The van der Waals surface area contributed by atoms with Crippen molar-refractivity contribution in [3.63, 3.8) is 0 Å². The molecule has 3 fully saturated rings. The van der Waals surface area contributed by atoms with E-state index in [0.717, 1.165) is 57.8 Å². The van der Waals surface area contributed by atoms with E-state index in [9.17, 15) is 4.39 Å². The second-order valence-electron chi connectivity index (χ2n) is 7.13. The maximum Gasteiger partial charge on any atom is 0.111 e. The predicted molar refractivity (Wildman–Crippen MR) is 72.9 cm³/mol. The van der Waals surface area contributed by atoms with Gasteiger partial charge in [-0.3, -0.25) is 0 Å². The van der Waals surface area contributed by atoms with E-state index in [4.69, 9.17) is 9.47 Å². The second-order valence-corrected chi connectivity index (χ2v) is 7.13. The van der Waals surface area contributed by atoms with Gasteiger partial charge in [-0.1, -0.05) is 0 Å². The Morgan fingerprint density at radius 1 is 0.789 bits per heavy atom. The largest absolute Gasteiger partial charge is 0.381 e. The third-order valence-corrected chi connectivity index (χ3v) is 6.30. The van der Waals surface area contributed by atoms with Crippen LogP contribution in [-0.2, 0) is 9.47 Å². The summed E-state index contributed by atoms with van der Waals surface area (Å²) >= 11 is 0. The molecule has 0 aromatic carbocycles. The summed E-state index contributed by atoms with van der Waals surface area (Å²) in [5.74, 6) is 0. The lowest BCUT2D eigenvalue weighted by molar-refractivity contribution is -0.194. The van der Waals surface area contributed by atoms with E-state index in [-0.39, 0.29) is 10.8 Å². The van der Waals surface area contributed by atoms with Gasteiger partial charge in [-0.15, -0.1) is 0 Å². The Hall–Kier alpha value is -0.150. The van der Waals surface area contributed by atoms with Gasteiger partial charge < -0.3 is 9.47 Å². The lowest BCUT2D eigenvalue weighted by Crippen LogP contribution is -2.61. The van der Waals surface area contributed by atoms with Crippen LogP contribution < -0.4 is 0 Å². The SMILES string of the molecule is COC1CC[C@]2(CC1)C[C@@]1(CCC(OC)CC1)C2F. The van der Waals surface area contributed by atoms with Crippen molar-refractivity contribution in [3.05, 3.63) is 0 Å². The summed E-state index contributed by atoms with van der Waals surface area (Å²) < 4.78 is 25.8. The summed E-state index contributed by atoms with van der Waals surface area (Å²) in [6.07, 6.45) is 9.61. The molecular weight excluding hydrogens is 243 g/mol. The standard InChI is InChI=1S/C16H27FO2/c1-18-12-3-7-15(8-4-12)11-16(14(15)17)9-5-13(19-2)6-10-16/h12-14H,3-11H2,1-2H3/t12?,13?,14?,15-,16-. The van der Waals surface area contributed by atoms with Crippen molar-refractivity contribution >= 4 is 0 Å². The van der Waals surface area contributed by atoms with Crippen LogP contribution >= 0.6 is 0 Å². The van der Waals surface area contributed by atoms with Crippen molar-refractivity contribution in [1.82, 2.24) is 0 Å². The van der Waals surface area contributed by atoms with Crippen molar-refractivity contribution in [1.29, 1.82) is 0 Å². The first-order valence-corrected chi connectivity index (χ1v) is 7.84. The topological polar surface area (TPSA) is 18.5 Å². The van der Waals surface area contributed by atoms with Crippen LogP contribution in [-0.4, -0.2) is 32.6 Å². The molecule has 0 aromatic rings. The van der Waals surface area contributed by atoms with Crippen molar-refractivity contribution in [2.45, 2.75) is 76.2 Å². The highest BCUT2D eigenvalue weighted by molar-refractivity contribution is 5.13. The van der Waals surface area contributed by atoms with Crippen LogP contribution in [0.4, 0.5) is 4.39 Å². The summed E-state index contributed by atoms with van der Waals surface area (Å²) in [6.45, 7) is 0. The molecule has 3 aliphatic carbocycles. The molecule has 2 nitrogen and oxygen atoms in total. The monoisotopic (exact) mass is 270 g/mol. The number of hydrogen-bond donors (Lipinski definition) is 0. The van der Waals surface area contributed by atoms with E-state index in [1.54, 1.807) is 14.2 Å². The number of methoxy groups -OCH3 is 2. The van der Waals surface area contributed by atoms with E-state index >= 15 is 0 Å². The Morgan fingerprint density at radius 3 is 1.42 bits per heavy atom. The number of alkyl halides is 1. The highest BCUT2D eigenvalue weighted by atomic mass is 19.1. The number of rotatable bonds is 2. The van der Waals surface area contributed by atoms with Crippen LogP contribution in [0.3, 0.4) is 0 Å². The van der Waals surface area contributed by atoms with Crippen molar-refractivity contribution < 1.29 is 13.9 Å². The van der Waals surface area contributed by atoms with Crippen LogP contribution in [0, 0.1) is 10.8 Å². The Morgan fingerprint density at radius 2 is 1.16 bits per heavy atom. The molecule has 0 aliphatic heterocycles. The smallest absolute Gasteiger partial charge is 0.111 e. The molecule has 3 rings (SSSR count). The van der Waals surface area contributed by atoms with Crippen molar-refractivity contribution in [2.24, 2.45) is 10.8 Å². The van der Waals surface area contributed by atoms with Crippen molar-refractivity contribution in [2.75, 3.05) is 14.2 Å². The molecule has 110 valence electrons. The van der Waals surface area contributed by atoms with E-state index in [1.807, 2.05) is 0 Å². The summed E-state index contributed by atoms with van der Waals surface area (Å²) in [7, 11) is 3.56. The minimum atomic E-state index is -0.574. The predicted octanol–water partition coefficient (Wildman–Crippen LogP) is 3.88. The zero-order valence-electron chi connectivity index (χ0n) is 12.3. The Bertz CT molecular complexity index is 285. The summed E-state index contributed by atoms with van der Waals surface area (Å²) in [6, 6.07) is 0. The minimum Gasteiger partial charge on any atom is -0.381 e. The fourth-order valence-electron chi connectivity index (χ4n) is 5.06. The maximum atomic E-state index is 15.0. The molecule has 0 heterocycles. The molecule has 0 radical (unpaired) electrons. The van der Waals surface area contributed by atoms with E-state index in [2.05, 4.69) is 0 Å². The molecule has 2 spiro atoms. The van der Waals surface area contributed by atoms with Crippen LogP contribution in [0.15, 0.2) is 0 Å². The van der Waals surface area contributed by atoms with Gasteiger partial charge in [-0.2, -0.15) is 0 Å². The number of ether oxygens (including phenoxy) is 2. The van der Waals surface area contributed by atoms with Crippen LogP contribution in [0.2, 0.25) is 0 Å².